The Kier molecular flexibility index (Phi) is 9.24. The first-order chi connectivity index (χ1) is 19.8. The molecular formula is C33H34F3IrN4O2-. The van der Waals surface area contributed by atoms with Gasteiger partial charge in [-0.25, -0.2) is 4.98 Å². The van der Waals surface area contributed by atoms with Gasteiger partial charge in [-0.2, -0.15) is 13.2 Å². The normalized spacial score (nSPS) is 18.3. The molecule has 6 nitrogen and oxygen atoms in total. The number of halogens is 3. The molecule has 0 amide bonds. The number of hydrogen-bond acceptors (Lipinski definition) is 6. The van der Waals surface area contributed by atoms with Gasteiger partial charge in [-0.3, -0.25) is 9.78 Å². The summed E-state index contributed by atoms with van der Waals surface area (Å²) in [6, 6.07) is 14.4. The van der Waals surface area contributed by atoms with Crippen LogP contribution in [0.3, 0.4) is 0 Å². The summed E-state index contributed by atoms with van der Waals surface area (Å²) < 4.78 is 36.4. The summed E-state index contributed by atoms with van der Waals surface area (Å²) in [5, 5.41) is 11.8. The number of benzene rings is 2. The van der Waals surface area contributed by atoms with Crippen molar-refractivity contribution in [3.8, 4) is 11.3 Å². The number of anilines is 2. The van der Waals surface area contributed by atoms with E-state index in [4.69, 9.17) is 0 Å². The Morgan fingerprint density at radius 1 is 1.19 bits per heavy atom. The molecule has 0 aliphatic carbocycles. The van der Waals surface area contributed by atoms with Crippen LogP contribution in [0.25, 0.3) is 22.0 Å². The third-order valence-corrected chi connectivity index (χ3v) is 8.01. The number of rotatable bonds is 5. The van der Waals surface area contributed by atoms with Crippen LogP contribution in [-0.4, -0.2) is 33.2 Å². The SMILES string of the molecule is CC1(C)c2cc3ccccc3[c-]c2-c2ncnc3c2N1C1C=CC=CN31.CCC(CC(F)(F)F)/C(O)=C/C(=O)C(C)C.[Ir]. The molecule has 3 aromatic rings. The van der Waals surface area contributed by atoms with Gasteiger partial charge in [-0.05, 0) is 32.4 Å². The fraction of sp³-hybridized carbons (Fsp3) is 0.364. The minimum absolute atomic E-state index is 0. The molecule has 1 aromatic heterocycles. The Balaban J connectivity index is 0.000000219. The Hall–Kier alpha value is -3.49. The van der Waals surface area contributed by atoms with Crippen molar-refractivity contribution in [3.05, 3.63) is 84.6 Å². The number of fused-ring (bicyclic) bond motifs is 6. The summed E-state index contributed by atoms with van der Waals surface area (Å²) in [6.07, 6.45) is 5.92. The summed E-state index contributed by atoms with van der Waals surface area (Å²) in [5.74, 6) is -1.22. The molecule has 10 heteroatoms. The Morgan fingerprint density at radius 3 is 2.58 bits per heavy atom. The van der Waals surface area contributed by atoms with Crippen LogP contribution in [0.2, 0.25) is 0 Å². The number of aliphatic hydroxyl groups is 1. The minimum Gasteiger partial charge on any atom is -0.512 e. The number of aromatic nitrogens is 2. The number of hydrogen-bond donors (Lipinski definition) is 1. The minimum atomic E-state index is -4.33. The van der Waals surface area contributed by atoms with Crippen LogP contribution < -0.4 is 9.80 Å². The quantitative estimate of drug-likeness (QED) is 0.161. The topological polar surface area (TPSA) is 69.6 Å². The van der Waals surface area contributed by atoms with Crippen molar-refractivity contribution in [1.82, 2.24) is 9.97 Å². The van der Waals surface area contributed by atoms with E-state index in [1.165, 1.54) is 10.9 Å². The monoisotopic (exact) mass is 768 g/mol. The summed E-state index contributed by atoms with van der Waals surface area (Å²) >= 11 is 0. The van der Waals surface area contributed by atoms with Crippen molar-refractivity contribution in [2.45, 2.75) is 65.3 Å². The third kappa shape index (κ3) is 6.13. The first-order valence-corrected chi connectivity index (χ1v) is 14.1. The maximum Gasteiger partial charge on any atom is 0.389 e. The van der Waals surface area contributed by atoms with Crippen LogP contribution in [0.5, 0.6) is 0 Å². The molecule has 1 radical (unpaired) electrons. The van der Waals surface area contributed by atoms with Crippen LogP contribution in [0, 0.1) is 17.9 Å². The van der Waals surface area contributed by atoms with E-state index in [-0.39, 0.29) is 49.9 Å². The largest absolute Gasteiger partial charge is 0.512 e. The van der Waals surface area contributed by atoms with E-state index in [9.17, 15) is 23.1 Å². The van der Waals surface area contributed by atoms with Crippen molar-refractivity contribution >= 4 is 28.1 Å². The van der Waals surface area contributed by atoms with E-state index >= 15 is 0 Å². The first kappa shape index (κ1) is 32.4. The average molecular weight is 768 g/mol. The van der Waals surface area contributed by atoms with Crippen molar-refractivity contribution in [3.63, 3.8) is 0 Å². The van der Waals surface area contributed by atoms with Gasteiger partial charge in [-0.15, -0.1) is 23.6 Å². The van der Waals surface area contributed by atoms with Gasteiger partial charge in [0.15, 0.2) is 11.6 Å². The summed E-state index contributed by atoms with van der Waals surface area (Å²) in [5.41, 5.74) is 4.25. The first-order valence-electron chi connectivity index (χ1n) is 14.1. The molecule has 0 fully saturated rings. The van der Waals surface area contributed by atoms with Gasteiger partial charge in [0.1, 0.15) is 12.5 Å². The molecule has 0 saturated heterocycles. The maximum absolute atomic E-state index is 12.1. The second-order valence-electron chi connectivity index (χ2n) is 11.6. The van der Waals surface area contributed by atoms with Crippen molar-refractivity contribution in [1.29, 1.82) is 0 Å². The fourth-order valence-corrected chi connectivity index (χ4v) is 5.73. The molecule has 0 spiro atoms. The molecule has 0 bridgehead atoms. The van der Waals surface area contributed by atoms with Crippen LogP contribution in [-0.2, 0) is 30.4 Å². The van der Waals surface area contributed by atoms with Crippen molar-refractivity contribution < 1.29 is 43.2 Å². The molecule has 2 aromatic carbocycles. The van der Waals surface area contributed by atoms with Crippen LogP contribution in [0.1, 0.15) is 53.0 Å². The molecule has 0 saturated carbocycles. The molecule has 2 unspecified atom stereocenters. The zero-order chi connectivity index (χ0) is 30.4. The Bertz CT molecular complexity index is 1610. The second-order valence-corrected chi connectivity index (χ2v) is 11.6. The molecular weight excluding hydrogens is 734 g/mol. The van der Waals surface area contributed by atoms with Gasteiger partial charge >= 0.3 is 6.18 Å². The van der Waals surface area contributed by atoms with E-state index in [2.05, 4.69) is 94.4 Å². The van der Waals surface area contributed by atoms with Gasteiger partial charge in [-0.1, -0.05) is 61.6 Å². The van der Waals surface area contributed by atoms with Gasteiger partial charge in [0.05, 0.1) is 17.9 Å². The Labute approximate surface area is 263 Å². The predicted molar refractivity (Wildman–Crippen MR) is 159 cm³/mol. The fourth-order valence-electron chi connectivity index (χ4n) is 5.73. The number of carbonyl (C=O) groups excluding carboxylic acids is 1. The molecule has 4 heterocycles. The maximum atomic E-state index is 12.1. The van der Waals surface area contributed by atoms with Crippen LogP contribution >= 0.6 is 0 Å². The molecule has 2 atom stereocenters. The van der Waals surface area contributed by atoms with E-state index < -0.39 is 24.3 Å². The van der Waals surface area contributed by atoms with E-state index in [0.29, 0.717) is 0 Å². The number of nitrogens with zero attached hydrogens (tertiary/aromatic N) is 4. The van der Waals surface area contributed by atoms with Crippen LogP contribution in [0.4, 0.5) is 24.7 Å². The number of carbonyl (C=O) groups is 1. The standard InChI is InChI=1S/C22H17N4.C11H17F3O2.Ir/c1-22(2)17-12-15-8-4-3-7-14(15)11-16(17)19-20-21(24-13-23-19)25-10-6-5-9-18(25)26(20)22;1-4-8(6-11(12,13)14)10(16)5-9(15)7(2)3;/h3-10,12-13,18H,1-2H3;5,7-8,16H,4,6H2,1-3H3;/q-1;;/b;10-5-;. The average Bonchev–Trinajstić information content (AvgIpc) is 3.30. The summed E-state index contributed by atoms with van der Waals surface area (Å²) in [7, 11) is 0. The molecule has 6 rings (SSSR count). The van der Waals surface area contributed by atoms with E-state index in [1.54, 1.807) is 27.1 Å². The smallest absolute Gasteiger partial charge is 0.389 e. The zero-order valence-corrected chi connectivity index (χ0v) is 27.0. The predicted octanol–water partition coefficient (Wildman–Crippen LogP) is 8.01. The van der Waals surface area contributed by atoms with Crippen molar-refractivity contribution in [2.24, 2.45) is 11.8 Å². The van der Waals surface area contributed by atoms with E-state index in [1.807, 2.05) is 0 Å². The van der Waals surface area contributed by atoms with Gasteiger partial charge in [0.2, 0.25) is 0 Å². The third-order valence-electron chi connectivity index (χ3n) is 8.01. The Morgan fingerprint density at radius 2 is 1.91 bits per heavy atom. The van der Waals surface area contributed by atoms with Gasteiger partial charge in [0, 0.05) is 55.5 Å². The zero-order valence-electron chi connectivity index (χ0n) is 24.6. The summed E-state index contributed by atoms with van der Waals surface area (Å²) in [6.45, 7) is 9.35. The molecule has 43 heavy (non-hydrogen) atoms. The van der Waals surface area contributed by atoms with Gasteiger partial charge < -0.3 is 14.9 Å². The molecule has 229 valence electrons. The number of allylic oxidation sites excluding steroid dienone is 4. The van der Waals surface area contributed by atoms with Crippen LogP contribution in [0.15, 0.2) is 72.9 Å². The number of aliphatic hydroxyl groups excluding tert-OH is 1. The van der Waals surface area contributed by atoms with Gasteiger partial charge in [0.25, 0.3) is 0 Å². The number of alkyl halides is 3. The van der Waals surface area contributed by atoms with Crippen molar-refractivity contribution in [2.75, 3.05) is 9.80 Å². The molecule has 3 aliphatic rings. The number of ketones is 1. The molecule has 1 N–H and O–H groups in total. The second kappa shape index (κ2) is 12.2. The molecule has 3 aliphatic heterocycles. The van der Waals surface area contributed by atoms with E-state index in [0.717, 1.165) is 34.2 Å². The summed E-state index contributed by atoms with van der Waals surface area (Å²) in [4.78, 5) is 25.2.